The summed E-state index contributed by atoms with van der Waals surface area (Å²) >= 11 is 0. The third kappa shape index (κ3) is 4.28. The fraction of sp³-hybridized carbons (Fsp3) is 0.455. The van der Waals surface area contributed by atoms with Crippen LogP contribution in [0.4, 0.5) is 0 Å². The second kappa shape index (κ2) is 6.29. The molecule has 1 unspecified atom stereocenters. The van der Waals surface area contributed by atoms with Gasteiger partial charge < -0.3 is 24.8 Å². The summed E-state index contributed by atoms with van der Waals surface area (Å²) in [7, 11) is 0. The predicted molar refractivity (Wildman–Crippen MR) is 59.9 cm³/mol. The predicted octanol–water partition coefficient (Wildman–Crippen LogP) is -0.776. The van der Waals surface area contributed by atoms with Gasteiger partial charge in [-0.15, -0.1) is 0 Å². The van der Waals surface area contributed by atoms with Crippen molar-refractivity contribution in [1.82, 2.24) is 0 Å². The van der Waals surface area contributed by atoms with E-state index < -0.39 is 30.6 Å². The van der Waals surface area contributed by atoms with Crippen molar-refractivity contribution >= 4 is 11.9 Å². The normalized spacial score (nSPS) is 12.5. The maximum atomic E-state index is 11.2. The summed E-state index contributed by atoms with van der Waals surface area (Å²) in [6.45, 7) is 8.08. The zero-order valence-corrected chi connectivity index (χ0v) is 10.2. The number of ether oxygens (including phenoxy) is 2. The molecule has 3 N–H and O–H groups in total. The van der Waals surface area contributed by atoms with Gasteiger partial charge in [-0.25, -0.2) is 9.59 Å². The Hall–Kier alpha value is -1.70. The van der Waals surface area contributed by atoms with Gasteiger partial charge in [0, 0.05) is 11.1 Å². The van der Waals surface area contributed by atoms with E-state index in [0.717, 1.165) is 0 Å². The lowest BCUT2D eigenvalue weighted by molar-refractivity contribution is -0.361. The molecule has 0 aromatic rings. The molecule has 0 spiro atoms. The molecular formula is C11H16O7. The number of aliphatic hydroxyl groups is 3. The van der Waals surface area contributed by atoms with Crippen LogP contribution in [0.1, 0.15) is 13.8 Å². The molecule has 0 fully saturated rings. The molecule has 0 aromatic carbocycles. The van der Waals surface area contributed by atoms with Crippen LogP contribution in [0.15, 0.2) is 24.3 Å². The minimum Gasteiger partial charge on any atom is -0.393 e. The molecule has 0 aliphatic carbocycles. The number of hydrogen-bond acceptors (Lipinski definition) is 7. The summed E-state index contributed by atoms with van der Waals surface area (Å²) in [6.07, 6.45) is -2.02. The lowest BCUT2D eigenvalue weighted by atomic mass is 10.3. The third-order valence-electron chi connectivity index (χ3n) is 1.77. The fourth-order valence-electron chi connectivity index (χ4n) is 0.712. The summed E-state index contributed by atoms with van der Waals surface area (Å²) in [5.41, 5.74) is -0.185. The van der Waals surface area contributed by atoms with Crippen LogP contribution in [-0.2, 0) is 19.1 Å². The van der Waals surface area contributed by atoms with Crippen molar-refractivity contribution in [3.8, 4) is 0 Å². The van der Waals surface area contributed by atoms with Crippen molar-refractivity contribution in [3.05, 3.63) is 24.3 Å². The van der Waals surface area contributed by atoms with Crippen molar-refractivity contribution in [2.24, 2.45) is 0 Å². The minimum atomic E-state index is -3.00. The zero-order chi connectivity index (χ0) is 14.5. The van der Waals surface area contributed by atoms with Crippen molar-refractivity contribution in [2.75, 3.05) is 6.61 Å². The molecule has 0 radical (unpaired) electrons. The van der Waals surface area contributed by atoms with E-state index >= 15 is 0 Å². The smallest absolute Gasteiger partial charge is 0.393 e. The fourth-order valence-corrected chi connectivity index (χ4v) is 0.712. The Morgan fingerprint density at radius 2 is 1.50 bits per heavy atom. The Morgan fingerprint density at radius 1 is 1.17 bits per heavy atom. The SMILES string of the molecule is C=C(C)C(=O)OC(O)(OC(=O)C(=C)C)C(O)CO. The Labute approximate surface area is 104 Å². The molecule has 0 aliphatic heterocycles. The van der Waals surface area contributed by atoms with E-state index in [-0.39, 0.29) is 11.1 Å². The summed E-state index contributed by atoms with van der Waals surface area (Å²) in [4.78, 5) is 22.5. The van der Waals surface area contributed by atoms with Crippen LogP contribution in [0.3, 0.4) is 0 Å². The summed E-state index contributed by atoms with van der Waals surface area (Å²) in [5.74, 6) is -5.19. The monoisotopic (exact) mass is 260 g/mol. The number of rotatable bonds is 6. The average molecular weight is 260 g/mol. The Morgan fingerprint density at radius 3 is 1.72 bits per heavy atom. The van der Waals surface area contributed by atoms with Gasteiger partial charge in [-0.1, -0.05) is 13.2 Å². The molecule has 1 atom stereocenters. The second-order valence-corrected chi connectivity index (χ2v) is 3.67. The molecule has 0 saturated heterocycles. The zero-order valence-electron chi connectivity index (χ0n) is 10.2. The third-order valence-corrected chi connectivity index (χ3v) is 1.77. The lowest BCUT2D eigenvalue weighted by Crippen LogP contribution is -2.52. The van der Waals surface area contributed by atoms with Crippen LogP contribution in [0.2, 0.25) is 0 Å². The highest BCUT2D eigenvalue weighted by molar-refractivity contribution is 5.88. The standard InChI is InChI=1S/C11H16O7/c1-6(2)9(14)17-11(16,8(13)5-12)18-10(15)7(3)4/h8,12-13,16H,1,3,5H2,2,4H3. The first-order chi connectivity index (χ1) is 8.14. The van der Waals surface area contributed by atoms with Crippen LogP contribution in [-0.4, -0.2) is 45.9 Å². The van der Waals surface area contributed by atoms with Gasteiger partial charge in [0.2, 0.25) is 0 Å². The molecule has 7 nitrogen and oxygen atoms in total. The number of hydrogen-bond donors (Lipinski definition) is 3. The first-order valence-electron chi connectivity index (χ1n) is 4.93. The Kier molecular flexibility index (Phi) is 5.70. The highest BCUT2D eigenvalue weighted by Gasteiger charge is 2.44. The largest absolute Gasteiger partial charge is 0.403 e. The number of carbonyl (C=O) groups excluding carboxylic acids is 2. The molecule has 0 saturated carbocycles. The molecule has 0 bridgehead atoms. The molecule has 0 aliphatic rings. The molecule has 18 heavy (non-hydrogen) atoms. The Balaban J connectivity index is 5.06. The van der Waals surface area contributed by atoms with E-state index in [2.05, 4.69) is 22.6 Å². The van der Waals surface area contributed by atoms with Crippen LogP contribution in [0.25, 0.3) is 0 Å². The van der Waals surface area contributed by atoms with Crippen molar-refractivity contribution in [2.45, 2.75) is 25.9 Å². The maximum absolute atomic E-state index is 11.2. The van der Waals surface area contributed by atoms with Crippen molar-refractivity contribution in [3.63, 3.8) is 0 Å². The second-order valence-electron chi connectivity index (χ2n) is 3.67. The highest BCUT2D eigenvalue weighted by atomic mass is 16.8. The Bertz CT molecular complexity index is 344. The van der Waals surface area contributed by atoms with Crippen LogP contribution >= 0.6 is 0 Å². The minimum absolute atomic E-state index is 0.0926. The van der Waals surface area contributed by atoms with Crippen molar-refractivity contribution < 1.29 is 34.4 Å². The number of esters is 2. The molecule has 0 amide bonds. The molecule has 0 rings (SSSR count). The molecule has 7 heteroatoms. The number of aliphatic hydroxyl groups excluding tert-OH is 2. The van der Waals surface area contributed by atoms with Crippen LogP contribution in [0.5, 0.6) is 0 Å². The van der Waals surface area contributed by atoms with E-state index in [4.69, 9.17) is 5.11 Å². The number of carbonyl (C=O) groups is 2. The molecular weight excluding hydrogens is 244 g/mol. The van der Waals surface area contributed by atoms with Crippen LogP contribution < -0.4 is 0 Å². The van der Waals surface area contributed by atoms with Gasteiger partial charge in [0.15, 0.2) is 6.10 Å². The van der Waals surface area contributed by atoms with E-state index in [1.807, 2.05) is 0 Å². The van der Waals surface area contributed by atoms with Gasteiger partial charge in [0.1, 0.15) is 0 Å². The van der Waals surface area contributed by atoms with E-state index in [0.29, 0.717) is 0 Å². The topological polar surface area (TPSA) is 113 Å². The molecule has 0 heterocycles. The van der Waals surface area contributed by atoms with E-state index in [1.165, 1.54) is 13.8 Å². The maximum Gasteiger partial charge on any atom is 0.403 e. The highest BCUT2D eigenvalue weighted by Crippen LogP contribution is 2.18. The quantitative estimate of drug-likeness (QED) is 0.326. The summed E-state index contributed by atoms with van der Waals surface area (Å²) in [6, 6.07) is 0. The van der Waals surface area contributed by atoms with Crippen LogP contribution in [0, 0.1) is 0 Å². The van der Waals surface area contributed by atoms with Gasteiger partial charge in [0.25, 0.3) is 0 Å². The van der Waals surface area contributed by atoms with Gasteiger partial charge in [-0.2, -0.15) is 0 Å². The molecule has 102 valence electrons. The first-order valence-corrected chi connectivity index (χ1v) is 4.93. The average Bonchev–Trinajstić information content (AvgIpc) is 2.27. The lowest BCUT2D eigenvalue weighted by Gasteiger charge is -2.29. The van der Waals surface area contributed by atoms with Gasteiger partial charge >= 0.3 is 17.9 Å². The summed E-state index contributed by atoms with van der Waals surface area (Å²) in [5, 5.41) is 27.8. The summed E-state index contributed by atoms with van der Waals surface area (Å²) < 4.78 is 8.79. The first kappa shape index (κ1) is 16.3. The van der Waals surface area contributed by atoms with Gasteiger partial charge in [-0.05, 0) is 13.8 Å². The van der Waals surface area contributed by atoms with Gasteiger partial charge in [-0.3, -0.25) is 0 Å². The van der Waals surface area contributed by atoms with E-state index in [9.17, 15) is 19.8 Å². The van der Waals surface area contributed by atoms with Crippen molar-refractivity contribution in [1.29, 1.82) is 0 Å². The van der Waals surface area contributed by atoms with Gasteiger partial charge in [0.05, 0.1) is 6.61 Å². The van der Waals surface area contributed by atoms with E-state index in [1.54, 1.807) is 0 Å². The molecule has 0 aromatic heterocycles.